The first-order valence-corrected chi connectivity index (χ1v) is 8.42. The zero-order chi connectivity index (χ0) is 16.9. The molecule has 5 rings (SSSR count). The molecule has 2 nitrogen and oxygen atoms in total. The molecule has 0 aromatic heterocycles. The summed E-state index contributed by atoms with van der Waals surface area (Å²) in [6.07, 6.45) is 2.01. The smallest absolute Gasteiger partial charge is 0.203 e. The number of Topliss-reactive ketones (excluding diaryl/α,β-unsaturated/α-hetero) is 1. The zero-order valence-corrected chi connectivity index (χ0v) is 13.6. The van der Waals surface area contributed by atoms with Crippen molar-refractivity contribution in [3.05, 3.63) is 114 Å². The van der Waals surface area contributed by atoms with Gasteiger partial charge in [0.15, 0.2) is 11.2 Å². The highest BCUT2D eigenvalue weighted by Crippen LogP contribution is 2.69. The summed E-state index contributed by atoms with van der Waals surface area (Å²) in [7, 11) is 0. The summed E-state index contributed by atoms with van der Waals surface area (Å²) in [6.45, 7) is 0. The molecular weight excluding hydrogens is 308 g/mol. The molecule has 0 bridgehead atoms. The van der Waals surface area contributed by atoms with Crippen LogP contribution in [-0.4, -0.2) is 5.78 Å². The Bertz CT molecular complexity index is 976. The van der Waals surface area contributed by atoms with E-state index in [1.807, 2.05) is 97.1 Å². The fourth-order valence-corrected chi connectivity index (χ4v) is 3.96. The maximum atomic E-state index is 13.5. The molecule has 2 unspecified atom stereocenters. The largest absolute Gasteiger partial charge is 0.339 e. The molecule has 25 heavy (non-hydrogen) atoms. The number of fused-ring (bicyclic) bond motifs is 1. The lowest BCUT2D eigenvalue weighted by molar-refractivity contribution is -0.118. The van der Waals surface area contributed by atoms with E-state index in [9.17, 15) is 4.79 Å². The van der Waals surface area contributed by atoms with Crippen molar-refractivity contribution < 1.29 is 9.53 Å². The minimum atomic E-state index is -0.944. The van der Waals surface area contributed by atoms with Crippen molar-refractivity contribution in [3.63, 3.8) is 0 Å². The zero-order valence-electron chi connectivity index (χ0n) is 13.6. The van der Waals surface area contributed by atoms with Crippen LogP contribution in [0.5, 0.6) is 0 Å². The minimum absolute atomic E-state index is 0.0359. The molecular formula is C23H16O2. The molecule has 2 heteroatoms. The summed E-state index contributed by atoms with van der Waals surface area (Å²) in [5.41, 5.74) is 1.94. The van der Waals surface area contributed by atoms with E-state index in [2.05, 4.69) is 0 Å². The van der Waals surface area contributed by atoms with E-state index in [0.717, 1.165) is 22.3 Å². The first kappa shape index (κ1) is 14.4. The number of benzene rings is 3. The van der Waals surface area contributed by atoms with Crippen molar-refractivity contribution >= 4 is 11.4 Å². The summed E-state index contributed by atoms with van der Waals surface area (Å²) < 4.78 is 6.24. The molecule has 1 heterocycles. The maximum absolute atomic E-state index is 13.5. The summed E-state index contributed by atoms with van der Waals surface area (Å²) in [5, 5.41) is 0. The SMILES string of the molecule is O=C1C(c2ccccc2)=CC2(c3ccccc3)OC12c1ccccc1. The molecule has 0 amide bonds. The van der Waals surface area contributed by atoms with E-state index in [-0.39, 0.29) is 5.78 Å². The summed E-state index contributed by atoms with van der Waals surface area (Å²) in [5.74, 6) is 0.0359. The van der Waals surface area contributed by atoms with Gasteiger partial charge in [0.1, 0.15) is 0 Å². The van der Waals surface area contributed by atoms with E-state index in [1.54, 1.807) is 0 Å². The van der Waals surface area contributed by atoms with Gasteiger partial charge in [0.05, 0.1) is 0 Å². The molecule has 1 aliphatic carbocycles. The van der Waals surface area contributed by atoms with Gasteiger partial charge in [-0.25, -0.2) is 0 Å². The summed E-state index contributed by atoms with van der Waals surface area (Å²) in [4.78, 5) is 13.5. The first-order chi connectivity index (χ1) is 12.3. The van der Waals surface area contributed by atoms with Gasteiger partial charge in [0.25, 0.3) is 0 Å². The predicted octanol–water partition coefficient (Wildman–Crippen LogP) is 4.47. The predicted molar refractivity (Wildman–Crippen MR) is 96.8 cm³/mol. The van der Waals surface area contributed by atoms with Crippen LogP contribution in [0, 0.1) is 0 Å². The molecule has 0 radical (unpaired) electrons. The number of hydrogen-bond acceptors (Lipinski definition) is 2. The van der Waals surface area contributed by atoms with Crippen molar-refractivity contribution in [1.82, 2.24) is 0 Å². The van der Waals surface area contributed by atoms with Crippen LogP contribution in [0.3, 0.4) is 0 Å². The van der Waals surface area contributed by atoms with E-state index in [4.69, 9.17) is 4.74 Å². The lowest BCUT2D eigenvalue weighted by atomic mass is 9.83. The van der Waals surface area contributed by atoms with Gasteiger partial charge in [-0.3, -0.25) is 4.79 Å². The van der Waals surface area contributed by atoms with Gasteiger partial charge in [0.2, 0.25) is 5.78 Å². The van der Waals surface area contributed by atoms with Gasteiger partial charge >= 0.3 is 0 Å². The van der Waals surface area contributed by atoms with Crippen molar-refractivity contribution in [2.24, 2.45) is 0 Å². The molecule has 2 atom stereocenters. The van der Waals surface area contributed by atoms with E-state index >= 15 is 0 Å². The standard InChI is InChI=1S/C23H16O2/c24-21-20(17-10-4-1-5-11-17)16-22(18-12-6-2-7-13-18)23(21,25-22)19-14-8-3-9-15-19/h1-16H. The highest BCUT2D eigenvalue weighted by molar-refractivity contribution is 6.30. The Morgan fingerprint density at radius 3 is 1.76 bits per heavy atom. The van der Waals surface area contributed by atoms with Crippen LogP contribution < -0.4 is 0 Å². The molecule has 3 aromatic rings. The molecule has 3 aromatic carbocycles. The molecule has 0 spiro atoms. The van der Waals surface area contributed by atoms with Gasteiger partial charge in [-0.1, -0.05) is 91.0 Å². The highest BCUT2D eigenvalue weighted by Gasteiger charge is 2.78. The first-order valence-electron chi connectivity index (χ1n) is 8.42. The third-order valence-electron chi connectivity index (χ3n) is 5.18. The minimum Gasteiger partial charge on any atom is -0.339 e. The van der Waals surface area contributed by atoms with E-state index in [1.165, 1.54) is 0 Å². The molecule has 1 saturated heterocycles. The Labute approximate surface area is 146 Å². The molecule has 2 aliphatic rings. The van der Waals surface area contributed by atoms with Gasteiger partial charge in [-0.15, -0.1) is 0 Å². The molecule has 120 valence electrons. The number of hydrogen-bond donors (Lipinski definition) is 0. The third kappa shape index (κ3) is 1.80. The van der Waals surface area contributed by atoms with E-state index < -0.39 is 11.2 Å². The summed E-state index contributed by atoms with van der Waals surface area (Å²) in [6, 6.07) is 29.7. The number of rotatable bonds is 3. The molecule has 0 saturated carbocycles. The van der Waals surface area contributed by atoms with Crippen molar-refractivity contribution in [1.29, 1.82) is 0 Å². The molecule has 0 N–H and O–H groups in total. The fraction of sp³-hybridized carbons (Fsp3) is 0.0870. The van der Waals surface area contributed by atoms with Crippen molar-refractivity contribution in [2.45, 2.75) is 11.2 Å². The van der Waals surface area contributed by atoms with Gasteiger partial charge in [0, 0.05) is 5.57 Å². The van der Waals surface area contributed by atoms with Crippen LogP contribution in [0.15, 0.2) is 97.1 Å². The Hall–Kier alpha value is -2.97. The fourth-order valence-electron chi connectivity index (χ4n) is 3.96. The van der Waals surface area contributed by atoms with Crippen molar-refractivity contribution in [3.8, 4) is 0 Å². The highest BCUT2D eigenvalue weighted by atomic mass is 16.6. The quantitative estimate of drug-likeness (QED) is 0.665. The lowest BCUT2D eigenvalue weighted by Gasteiger charge is -2.12. The number of ketones is 1. The maximum Gasteiger partial charge on any atom is 0.203 e. The third-order valence-corrected chi connectivity index (χ3v) is 5.18. The van der Waals surface area contributed by atoms with Gasteiger partial charge < -0.3 is 4.74 Å². The van der Waals surface area contributed by atoms with Crippen LogP contribution in [0.1, 0.15) is 16.7 Å². The average Bonchev–Trinajstić information content (AvgIpc) is 3.32. The van der Waals surface area contributed by atoms with Crippen LogP contribution in [-0.2, 0) is 20.7 Å². The second-order valence-electron chi connectivity index (χ2n) is 6.50. The Morgan fingerprint density at radius 2 is 1.16 bits per heavy atom. The van der Waals surface area contributed by atoms with Crippen LogP contribution in [0.25, 0.3) is 5.57 Å². The van der Waals surface area contributed by atoms with Gasteiger partial charge in [-0.05, 0) is 22.8 Å². The van der Waals surface area contributed by atoms with Gasteiger partial charge in [-0.2, -0.15) is 0 Å². The normalized spacial score (nSPS) is 26.9. The van der Waals surface area contributed by atoms with E-state index in [0.29, 0.717) is 0 Å². The van der Waals surface area contributed by atoms with Crippen LogP contribution in [0.4, 0.5) is 0 Å². The topological polar surface area (TPSA) is 29.6 Å². The van der Waals surface area contributed by atoms with Crippen molar-refractivity contribution in [2.75, 3.05) is 0 Å². The second-order valence-corrected chi connectivity index (χ2v) is 6.50. The summed E-state index contributed by atoms with van der Waals surface area (Å²) >= 11 is 0. The number of epoxide rings is 1. The second kappa shape index (κ2) is 5.01. The Balaban J connectivity index is 1.73. The number of ether oxygens (including phenoxy) is 1. The molecule has 1 fully saturated rings. The van der Waals surface area contributed by atoms with Crippen LogP contribution in [0.2, 0.25) is 0 Å². The Kier molecular flexibility index (Phi) is 2.88. The monoisotopic (exact) mass is 324 g/mol. The Morgan fingerprint density at radius 1 is 0.640 bits per heavy atom. The molecule has 1 aliphatic heterocycles. The lowest BCUT2D eigenvalue weighted by Crippen LogP contribution is -2.25. The average molecular weight is 324 g/mol. The number of carbonyl (C=O) groups is 1. The van der Waals surface area contributed by atoms with Crippen LogP contribution >= 0.6 is 0 Å². The number of carbonyl (C=O) groups excluding carboxylic acids is 1.